The van der Waals surface area contributed by atoms with Crippen molar-refractivity contribution < 1.29 is 14.5 Å². The van der Waals surface area contributed by atoms with Gasteiger partial charge in [0.25, 0.3) is 11.2 Å². The number of carbonyl (C=O) groups is 1. The maximum atomic E-state index is 14.2. The van der Waals surface area contributed by atoms with Crippen molar-refractivity contribution in [3.8, 4) is 0 Å². The molecule has 3 aromatic carbocycles. The molecule has 3 heterocycles. The Balaban J connectivity index is 1.53. The summed E-state index contributed by atoms with van der Waals surface area (Å²) >= 11 is 13.8. The molecule has 12 heteroatoms. The molecule has 9 nitrogen and oxygen atoms in total. The molecule has 0 spiro atoms. The van der Waals surface area contributed by atoms with Crippen LogP contribution in [0.2, 0.25) is 10.0 Å². The standard InChI is InChI=1S/C33H26Cl2N4O5S/c1-4-44-32(41)29-19(3)36-33-38(30(29)20-10-9-18(2)27(13-20)39(42)43)31(40)28(45-33)14-22-17-37(26-8-6-5-7-24(22)26)16-21-11-12-23(34)15-25(21)35/h5-15,17,30H,4,16H2,1-3H3/b28-14+/t30-/m0/s1. The molecule has 6 rings (SSSR count). The van der Waals surface area contributed by atoms with Crippen LogP contribution in [0.3, 0.4) is 0 Å². The highest BCUT2D eigenvalue weighted by molar-refractivity contribution is 7.07. The Morgan fingerprint density at radius 2 is 1.91 bits per heavy atom. The molecule has 0 amide bonds. The van der Waals surface area contributed by atoms with Gasteiger partial charge in [0.05, 0.1) is 33.4 Å². The fraction of sp³-hybridized carbons (Fsp3) is 0.182. The number of nitrogens with zero attached hydrogens (tertiary/aromatic N) is 4. The first-order valence-corrected chi connectivity index (χ1v) is 15.6. The first-order valence-electron chi connectivity index (χ1n) is 14.0. The molecule has 0 saturated carbocycles. The summed E-state index contributed by atoms with van der Waals surface area (Å²) in [5, 5.41) is 13.9. The van der Waals surface area contributed by atoms with E-state index in [4.69, 9.17) is 27.9 Å². The summed E-state index contributed by atoms with van der Waals surface area (Å²) in [6.07, 6.45) is 3.77. The average molecular weight is 662 g/mol. The lowest BCUT2D eigenvalue weighted by molar-refractivity contribution is -0.385. The number of aromatic nitrogens is 2. The molecule has 0 bridgehead atoms. The Hall–Kier alpha value is -4.51. The minimum absolute atomic E-state index is 0.110. The number of benzene rings is 3. The fourth-order valence-corrected chi connectivity index (χ4v) is 7.10. The predicted molar refractivity (Wildman–Crippen MR) is 176 cm³/mol. The number of nitro benzene ring substituents is 1. The van der Waals surface area contributed by atoms with Gasteiger partial charge in [0.2, 0.25) is 0 Å². The number of hydrogen-bond acceptors (Lipinski definition) is 7. The van der Waals surface area contributed by atoms with Gasteiger partial charge in [0, 0.05) is 50.9 Å². The second-order valence-corrected chi connectivity index (χ2v) is 12.4. The van der Waals surface area contributed by atoms with Crippen LogP contribution in [-0.4, -0.2) is 26.6 Å². The van der Waals surface area contributed by atoms with Gasteiger partial charge in [-0.3, -0.25) is 19.5 Å². The maximum Gasteiger partial charge on any atom is 0.338 e. The van der Waals surface area contributed by atoms with Gasteiger partial charge < -0.3 is 9.30 Å². The number of nitro groups is 1. The highest BCUT2D eigenvalue weighted by atomic mass is 35.5. The molecule has 1 aliphatic rings. The highest BCUT2D eigenvalue weighted by Gasteiger charge is 2.34. The number of aryl methyl sites for hydroxylation is 1. The number of rotatable bonds is 7. The van der Waals surface area contributed by atoms with E-state index in [-0.39, 0.29) is 23.4 Å². The lowest BCUT2D eigenvalue weighted by Crippen LogP contribution is -2.40. The van der Waals surface area contributed by atoms with Crippen LogP contribution < -0.4 is 14.9 Å². The van der Waals surface area contributed by atoms with E-state index < -0.39 is 16.9 Å². The number of ether oxygens (including phenoxy) is 1. The monoisotopic (exact) mass is 660 g/mol. The van der Waals surface area contributed by atoms with Crippen LogP contribution in [0.4, 0.5) is 5.69 Å². The normalized spacial score (nSPS) is 14.9. The van der Waals surface area contributed by atoms with Crippen LogP contribution >= 0.6 is 34.5 Å². The number of carbonyl (C=O) groups excluding carboxylic acids is 1. The number of halogens is 2. The molecule has 0 unspecified atom stereocenters. The molecule has 0 fully saturated rings. The van der Waals surface area contributed by atoms with Gasteiger partial charge in [-0.1, -0.05) is 70.9 Å². The van der Waals surface area contributed by atoms with E-state index in [1.807, 2.05) is 42.6 Å². The number of fused-ring (bicyclic) bond motifs is 2. The number of allylic oxidation sites excluding steroid dienone is 1. The Kier molecular flexibility index (Phi) is 8.22. The van der Waals surface area contributed by atoms with E-state index in [9.17, 15) is 19.7 Å². The first kappa shape index (κ1) is 30.5. The number of hydrogen-bond donors (Lipinski definition) is 0. The van der Waals surface area contributed by atoms with E-state index in [1.165, 1.54) is 22.0 Å². The number of thiazole rings is 1. The SMILES string of the molecule is CCOC(=O)C1=C(C)N=c2s/c(=C/c3cn(Cc4ccc(Cl)cc4Cl)c4ccccc34)c(=O)n2[C@H]1c1ccc(C)c([N+](=O)[O-])c1. The van der Waals surface area contributed by atoms with Crippen LogP contribution in [-0.2, 0) is 16.1 Å². The maximum absolute atomic E-state index is 14.2. The van der Waals surface area contributed by atoms with Crippen molar-refractivity contribution in [3.63, 3.8) is 0 Å². The quantitative estimate of drug-likeness (QED) is 0.115. The molecule has 45 heavy (non-hydrogen) atoms. The molecule has 0 saturated heterocycles. The highest BCUT2D eigenvalue weighted by Crippen LogP contribution is 2.33. The Bertz CT molecular complexity index is 2250. The van der Waals surface area contributed by atoms with Gasteiger partial charge in [-0.2, -0.15) is 0 Å². The van der Waals surface area contributed by atoms with Crippen molar-refractivity contribution in [2.75, 3.05) is 6.61 Å². The first-order chi connectivity index (χ1) is 21.6. The fourth-order valence-electron chi connectivity index (χ4n) is 5.60. The summed E-state index contributed by atoms with van der Waals surface area (Å²) in [5.74, 6) is -0.634. The summed E-state index contributed by atoms with van der Waals surface area (Å²) in [6, 6.07) is 17.0. The molecule has 2 aromatic heterocycles. The molecule has 0 radical (unpaired) electrons. The summed E-state index contributed by atoms with van der Waals surface area (Å²) in [6.45, 7) is 5.60. The lowest BCUT2D eigenvalue weighted by Gasteiger charge is -2.24. The third-order valence-corrected chi connectivity index (χ3v) is 9.29. The van der Waals surface area contributed by atoms with E-state index in [0.29, 0.717) is 42.7 Å². The Morgan fingerprint density at radius 3 is 2.64 bits per heavy atom. The Labute approximate surface area is 271 Å². The average Bonchev–Trinajstić information content (AvgIpc) is 3.50. The van der Waals surface area contributed by atoms with Crippen molar-refractivity contribution in [3.05, 3.63) is 140 Å². The van der Waals surface area contributed by atoms with Crippen molar-refractivity contribution in [2.45, 2.75) is 33.4 Å². The molecular weight excluding hydrogens is 635 g/mol. The topological polar surface area (TPSA) is 109 Å². The van der Waals surface area contributed by atoms with Crippen LogP contribution in [0.25, 0.3) is 17.0 Å². The molecule has 0 N–H and O–H groups in total. The summed E-state index contributed by atoms with van der Waals surface area (Å²) in [4.78, 5) is 43.7. The molecule has 1 atom stereocenters. The minimum Gasteiger partial charge on any atom is -0.463 e. The molecule has 5 aromatic rings. The Morgan fingerprint density at radius 1 is 1.13 bits per heavy atom. The second-order valence-electron chi connectivity index (χ2n) is 10.6. The third-order valence-electron chi connectivity index (χ3n) is 7.72. The van der Waals surface area contributed by atoms with E-state index in [0.717, 1.165) is 22.0 Å². The number of esters is 1. The van der Waals surface area contributed by atoms with Gasteiger partial charge >= 0.3 is 5.97 Å². The summed E-state index contributed by atoms with van der Waals surface area (Å²) < 4.78 is 9.23. The van der Waals surface area contributed by atoms with E-state index in [2.05, 4.69) is 9.56 Å². The zero-order valence-electron chi connectivity index (χ0n) is 24.4. The largest absolute Gasteiger partial charge is 0.463 e. The van der Waals surface area contributed by atoms with Crippen molar-refractivity contribution in [2.24, 2.45) is 4.99 Å². The van der Waals surface area contributed by atoms with Crippen LogP contribution in [0, 0.1) is 17.0 Å². The zero-order valence-corrected chi connectivity index (χ0v) is 26.7. The van der Waals surface area contributed by atoms with Crippen molar-refractivity contribution >= 4 is 63.2 Å². The van der Waals surface area contributed by atoms with Gasteiger partial charge in [-0.05, 0) is 56.2 Å². The molecule has 228 valence electrons. The molecule has 1 aliphatic heterocycles. The van der Waals surface area contributed by atoms with Gasteiger partial charge in [0.15, 0.2) is 4.80 Å². The van der Waals surface area contributed by atoms with E-state index in [1.54, 1.807) is 45.0 Å². The third kappa shape index (κ3) is 5.61. The second kappa shape index (κ2) is 12.1. The zero-order chi connectivity index (χ0) is 32.0. The van der Waals surface area contributed by atoms with Gasteiger partial charge in [0.1, 0.15) is 0 Å². The lowest BCUT2D eigenvalue weighted by atomic mass is 9.94. The van der Waals surface area contributed by atoms with E-state index >= 15 is 0 Å². The van der Waals surface area contributed by atoms with Gasteiger partial charge in [-0.25, -0.2) is 9.79 Å². The van der Waals surface area contributed by atoms with Crippen molar-refractivity contribution in [1.29, 1.82) is 0 Å². The summed E-state index contributed by atoms with van der Waals surface area (Å²) in [5.41, 5.74) is 3.58. The van der Waals surface area contributed by atoms with Crippen LogP contribution in [0.1, 0.15) is 42.1 Å². The minimum atomic E-state index is -0.963. The predicted octanol–water partition coefficient (Wildman–Crippen LogP) is 6.32. The number of para-hydroxylation sites is 1. The van der Waals surface area contributed by atoms with Gasteiger partial charge in [-0.15, -0.1) is 0 Å². The molecule has 0 aliphatic carbocycles. The van der Waals surface area contributed by atoms with Crippen molar-refractivity contribution in [1.82, 2.24) is 9.13 Å². The van der Waals surface area contributed by atoms with Crippen LogP contribution in [0.5, 0.6) is 0 Å². The summed E-state index contributed by atoms with van der Waals surface area (Å²) in [7, 11) is 0. The van der Waals surface area contributed by atoms with Crippen LogP contribution in [0.15, 0.2) is 87.9 Å². The molecular formula is C33H26Cl2N4O5S. The smallest absolute Gasteiger partial charge is 0.338 e.